The van der Waals surface area contributed by atoms with Gasteiger partial charge >= 0.3 is 0 Å². The molecular formula is C20H23N3O5S. The molecule has 1 heterocycles. The standard InChI is InChI=1S/C20H23N3O5S/c1-14-4-3-11-22(13-14)20(24)16-6-8-17(9-7-16)21-29(27,28)18-10-5-15(2)19(12-18)23(25)26/h5-10,12,14,21H,3-4,11,13H2,1-2H3. The zero-order valence-corrected chi connectivity index (χ0v) is 17.1. The van der Waals surface area contributed by atoms with Crippen LogP contribution in [0.4, 0.5) is 11.4 Å². The van der Waals surface area contributed by atoms with Gasteiger partial charge < -0.3 is 4.90 Å². The van der Waals surface area contributed by atoms with Crippen LogP contribution in [0.2, 0.25) is 0 Å². The minimum Gasteiger partial charge on any atom is -0.338 e. The number of amides is 1. The van der Waals surface area contributed by atoms with E-state index in [-0.39, 0.29) is 22.2 Å². The minimum atomic E-state index is -4.00. The minimum absolute atomic E-state index is 0.0693. The molecule has 29 heavy (non-hydrogen) atoms. The number of rotatable bonds is 5. The molecule has 0 saturated carbocycles. The Morgan fingerprint density at radius 3 is 2.52 bits per heavy atom. The zero-order chi connectivity index (χ0) is 21.2. The molecule has 0 spiro atoms. The van der Waals surface area contributed by atoms with Gasteiger partial charge in [0.05, 0.1) is 9.82 Å². The summed E-state index contributed by atoms with van der Waals surface area (Å²) in [5.74, 6) is 0.400. The molecule has 8 nitrogen and oxygen atoms in total. The molecule has 3 rings (SSSR count). The molecule has 1 amide bonds. The molecular weight excluding hydrogens is 394 g/mol. The van der Waals surface area contributed by atoms with Crippen molar-refractivity contribution in [1.82, 2.24) is 4.90 Å². The monoisotopic (exact) mass is 417 g/mol. The molecule has 0 aromatic heterocycles. The van der Waals surface area contributed by atoms with Crippen molar-refractivity contribution < 1.29 is 18.1 Å². The molecule has 1 N–H and O–H groups in total. The lowest BCUT2D eigenvalue weighted by molar-refractivity contribution is -0.385. The number of benzene rings is 2. The first-order chi connectivity index (χ1) is 13.7. The van der Waals surface area contributed by atoms with Crippen molar-refractivity contribution in [1.29, 1.82) is 0 Å². The van der Waals surface area contributed by atoms with Crippen molar-refractivity contribution >= 4 is 27.3 Å². The number of carbonyl (C=O) groups excluding carboxylic acids is 1. The number of carbonyl (C=O) groups is 1. The third kappa shape index (κ3) is 4.73. The molecule has 2 aromatic carbocycles. The van der Waals surface area contributed by atoms with Gasteiger partial charge in [-0.3, -0.25) is 19.6 Å². The lowest BCUT2D eigenvalue weighted by Gasteiger charge is -2.31. The van der Waals surface area contributed by atoms with Crippen LogP contribution in [0.25, 0.3) is 0 Å². The average Bonchev–Trinajstić information content (AvgIpc) is 2.67. The Balaban J connectivity index is 1.76. The maximum Gasteiger partial charge on any atom is 0.273 e. The van der Waals surface area contributed by atoms with E-state index >= 15 is 0 Å². The van der Waals surface area contributed by atoms with Crippen molar-refractivity contribution in [2.45, 2.75) is 31.6 Å². The number of nitro benzene ring substituents is 1. The summed E-state index contributed by atoms with van der Waals surface area (Å²) < 4.78 is 27.6. The molecule has 1 aliphatic rings. The number of aryl methyl sites for hydroxylation is 1. The van der Waals surface area contributed by atoms with Crippen LogP contribution < -0.4 is 4.72 Å². The van der Waals surface area contributed by atoms with Gasteiger partial charge in [0.15, 0.2) is 0 Å². The molecule has 1 aliphatic heterocycles. The van der Waals surface area contributed by atoms with Crippen molar-refractivity contribution in [3.8, 4) is 0 Å². The predicted octanol–water partition coefficient (Wildman–Crippen LogP) is 3.58. The highest BCUT2D eigenvalue weighted by atomic mass is 32.2. The fourth-order valence-corrected chi connectivity index (χ4v) is 4.48. The van der Waals surface area contributed by atoms with Gasteiger partial charge in [0.1, 0.15) is 0 Å². The Morgan fingerprint density at radius 2 is 1.90 bits per heavy atom. The second-order valence-electron chi connectivity index (χ2n) is 7.39. The summed E-state index contributed by atoms with van der Waals surface area (Å²) in [6.07, 6.45) is 2.09. The fraction of sp³-hybridized carbons (Fsp3) is 0.350. The second kappa shape index (κ2) is 8.20. The summed E-state index contributed by atoms with van der Waals surface area (Å²) in [6.45, 7) is 5.11. The summed E-state index contributed by atoms with van der Waals surface area (Å²) in [6, 6.07) is 9.94. The highest BCUT2D eigenvalue weighted by Gasteiger charge is 2.23. The molecule has 154 valence electrons. The van der Waals surface area contributed by atoms with Crippen LogP contribution in [0, 0.1) is 23.0 Å². The van der Waals surface area contributed by atoms with Crippen molar-refractivity contribution in [3.63, 3.8) is 0 Å². The predicted molar refractivity (Wildman–Crippen MR) is 109 cm³/mol. The largest absolute Gasteiger partial charge is 0.338 e. The van der Waals surface area contributed by atoms with Gasteiger partial charge in [-0.15, -0.1) is 0 Å². The number of nitrogens with one attached hydrogen (secondary N) is 1. The smallest absolute Gasteiger partial charge is 0.273 e. The summed E-state index contributed by atoms with van der Waals surface area (Å²) in [7, 11) is -4.00. The number of nitrogens with zero attached hydrogens (tertiary/aromatic N) is 2. The zero-order valence-electron chi connectivity index (χ0n) is 16.3. The van der Waals surface area contributed by atoms with Crippen LogP contribution in [0.3, 0.4) is 0 Å². The summed E-state index contributed by atoms with van der Waals surface area (Å²) in [5.41, 5.74) is 0.887. The van der Waals surface area contributed by atoms with E-state index in [0.29, 0.717) is 17.0 Å². The van der Waals surface area contributed by atoms with Crippen molar-refractivity contribution in [2.75, 3.05) is 17.8 Å². The Hall–Kier alpha value is -2.94. The number of likely N-dealkylation sites (tertiary alicyclic amines) is 1. The lowest BCUT2D eigenvalue weighted by atomic mass is 9.99. The Morgan fingerprint density at radius 1 is 1.21 bits per heavy atom. The molecule has 0 radical (unpaired) electrons. The van der Waals surface area contributed by atoms with Gasteiger partial charge in [-0.25, -0.2) is 8.42 Å². The normalized spacial score (nSPS) is 17.0. The van der Waals surface area contributed by atoms with Gasteiger partial charge in [0, 0.05) is 36.0 Å². The molecule has 1 atom stereocenters. The van der Waals surface area contributed by atoms with Crippen LogP contribution in [-0.2, 0) is 10.0 Å². The van der Waals surface area contributed by atoms with E-state index in [1.807, 2.05) is 4.90 Å². The lowest BCUT2D eigenvalue weighted by Crippen LogP contribution is -2.39. The van der Waals surface area contributed by atoms with Gasteiger partial charge in [-0.1, -0.05) is 13.0 Å². The number of piperidine rings is 1. The highest BCUT2D eigenvalue weighted by molar-refractivity contribution is 7.92. The molecule has 0 bridgehead atoms. The quantitative estimate of drug-likeness (QED) is 0.591. The van der Waals surface area contributed by atoms with Gasteiger partial charge in [-0.2, -0.15) is 0 Å². The number of nitro groups is 1. The first-order valence-corrected chi connectivity index (χ1v) is 10.8. The van der Waals surface area contributed by atoms with Gasteiger partial charge in [-0.05, 0) is 56.0 Å². The van der Waals surface area contributed by atoms with Crippen molar-refractivity contribution in [2.24, 2.45) is 5.92 Å². The maximum absolute atomic E-state index is 12.6. The van der Waals surface area contributed by atoms with E-state index in [1.54, 1.807) is 19.1 Å². The van der Waals surface area contributed by atoms with E-state index in [4.69, 9.17) is 0 Å². The van der Waals surface area contributed by atoms with E-state index in [1.165, 1.54) is 24.3 Å². The fourth-order valence-electron chi connectivity index (χ4n) is 3.40. The molecule has 1 unspecified atom stereocenters. The third-order valence-electron chi connectivity index (χ3n) is 5.02. The SMILES string of the molecule is Cc1ccc(S(=O)(=O)Nc2ccc(C(=O)N3CCCC(C)C3)cc2)cc1[N+](=O)[O-]. The van der Waals surface area contributed by atoms with E-state index in [0.717, 1.165) is 32.0 Å². The molecule has 9 heteroatoms. The number of hydrogen-bond acceptors (Lipinski definition) is 5. The second-order valence-corrected chi connectivity index (χ2v) is 9.07. The van der Waals surface area contributed by atoms with E-state index in [9.17, 15) is 23.3 Å². The molecule has 2 aromatic rings. The first kappa shape index (κ1) is 20.8. The number of sulfonamides is 1. The van der Waals surface area contributed by atoms with Crippen LogP contribution >= 0.6 is 0 Å². The summed E-state index contributed by atoms with van der Waals surface area (Å²) in [4.78, 5) is 24.7. The summed E-state index contributed by atoms with van der Waals surface area (Å²) in [5, 5.41) is 11.1. The molecule has 1 saturated heterocycles. The first-order valence-electron chi connectivity index (χ1n) is 9.34. The highest BCUT2D eigenvalue weighted by Crippen LogP contribution is 2.24. The maximum atomic E-state index is 12.6. The molecule has 0 aliphatic carbocycles. The van der Waals surface area contributed by atoms with Gasteiger partial charge in [0.2, 0.25) is 0 Å². The van der Waals surface area contributed by atoms with E-state index < -0.39 is 14.9 Å². The number of anilines is 1. The Bertz CT molecular complexity index is 1030. The van der Waals surface area contributed by atoms with Gasteiger partial charge in [0.25, 0.3) is 21.6 Å². The van der Waals surface area contributed by atoms with Crippen LogP contribution in [-0.4, -0.2) is 37.2 Å². The third-order valence-corrected chi connectivity index (χ3v) is 6.39. The van der Waals surface area contributed by atoms with Crippen LogP contribution in [0.1, 0.15) is 35.7 Å². The summed E-state index contributed by atoms with van der Waals surface area (Å²) >= 11 is 0. The van der Waals surface area contributed by atoms with Crippen molar-refractivity contribution in [3.05, 3.63) is 63.7 Å². The Labute approximate surface area is 169 Å². The topological polar surface area (TPSA) is 110 Å². The average molecular weight is 417 g/mol. The van der Waals surface area contributed by atoms with E-state index in [2.05, 4.69) is 11.6 Å². The Kier molecular flexibility index (Phi) is 5.88. The number of hydrogen-bond donors (Lipinski definition) is 1. The van der Waals surface area contributed by atoms with Crippen LogP contribution in [0.5, 0.6) is 0 Å². The van der Waals surface area contributed by atoms with Crippen LogP contribution in [0.15, 0.2) is 47.4 Å². The molecule has 1 fully saturated rings.